The fourth-order valence-corrected chi connectivity index (χ4v) is 5.40. The Kier molecular flexibility index (Phi) is 5.48. The predicted molar refractivity (Wildman–Crippen MR) is 118 cm³/mol. The van der Waals surface area contributed by atoms with Crippen molar-refractivity contribution in [1.29, 1.82) is 0 Å². The molecular formula is C21H18BrNO2S2. The maximum atomic E-state index is 5.51. The van der Waals surface area contributed by atoms with E-state index in [0.717, 1.165) is 27.4 Å². The summed E-state index contributed by atoms with van der Waals surface area (Å²) in [6, 6.07) is 16.7. The van der Waals surface area contributed by atoms with Crippen LogP contribution in [-0.2, 0) is 0 Å². The van der Waals surface area contributed by atoms with Crippen LogP contribution >= 0.6 is 39.0 Å². The van der Waals surface area contributed by atoms with Crippen LogP contribution in [0.25, 0.3) is 5.70 Å². The van der Waals surface area contributed by atoms with E-state index in [-0.39, 0.29) is 5.25 Å². The van der Waals surface area contributed by atoms with Crippen molar-refractivity contribution in [3.05, 3.63) is 74.9 Å². The molecule has 0 saturated heterocycles. The van der Waals surface area contributed by atoms with Crippen LogP contribution in [0.5, 0.6) is 11.5 Å². The number of ether oxygens (including phenoxy) is 2. The third kappa shape index (κ3) is 3.88. The smallest absolute Gasteiger partial charge is 0.161 e. The van der Waals surface area contributed by atoms with E-state index in [1.807, 2.05) is 17.8 Å². The molecular weight excluding hydrogens is 442 g/mol. The van der Waals surface area contributed by atoms with E-state index in [2.05, 4.69) is 75.2 Å². The van der Waals surface area contributed by atoms with Crippen LogP contribution in [0, 0.1) is 0 Å². The van der Waals surface area contributed by atoms with E-state index >= 15 is 0 Å². The largest absolute Gasteiger partial charge is 0.493 e. The van der Waals surface area contributed by atoms with Gasteiger partial charge in [0.25, 0.3) is 0 Å². The molecule has 1 aliphatic heterocycles. The van der Waals surface area contributed by atoms with Gasteiger partial charge in [0.15, 0.2) is 11.5 Å². The molecule has 27 heavy (non-hydrogen) atoms. The zero-order chi connectivity index (χ0) is 18.8. The van der Waals surface area contributed by atoms with Gasteiger partial charge in [-0.05, 0) is 53.4 Å². The normalized spacial score (nSPS) is 16.0. The molecule has 6 heteroatoms. The second-order valence-electron chi connectivity index (χ2n) is 5.98. The fraction of sp³-hybridized carbons (Fsp3) is 0.143. The maximum Gasteiger partial charge on any atom is 0.161 e. The molecule has 0 bridgehead atoms. The predicted octanol–water partition coefficient (Wildman–Crippen LogP) is 6.83. The molecule has 4 rings (SSSR count). The molecule has 3 aromatic rings. The number of hydrogen-bond acceptors (Lipinski definition) is 5. The number of methoxy groups -OCH3 is 2. The first-order valence-corrected chi connectivity index (χ1v) is 10.9. The topological polar surface area (TPSA) is 30.5 Å². The minimum absolute atomic E-state index is 0.143. The lowest BCUT2D eigenvalue weighted by atomic mass is 10.1. The van der Waals surface area contributed by atoms with Gasteiger partial charge in [0, 0.05) is 9.37 Å². The lowest BCUT2D eigenvalue weighted by Crippen LogP contribution is -1.98. The van der Waals surface area contributed by atoms with Gasteiger partial charge < -0.3 is 14.8 Å². The average Bonchev–Trinajstić information content (AvgIpc) is 3.16. The van der Waals surface area contributed by atoms with Gasteiger partial charge in [0.05, 0.1) is 35.7 Å². The van der Waals surface area contributed by atoms with Crippen LogP contribution in [0.2, 0.25) is 0 Å². The van der Waals surface area contributed by atoms with Crippen LogP contribution in [0.3, 0.4) is 0 Å². The second-order valence-corrected chi connectivity index (χ2v) is 9.02. The highest BCUT2D eigenvalue weighted by Gasteiger charge is 2.21. The molecule has 0 radical (unpaired) electrons. The van der Waals surface area contributed by atoms with Gasteiger partial charge in [0.2, 0.25) is 0 Å². The zero-order valence-corrected chi connectivity index (χ0v) is 18.1. The van der Waals surface area contributed by atoms with Gasteiger partial charge in [0.1, 0.15) is 0 Å². The number of thioether (sulfide) groups is 1. The highest BCUT2D eigenvalue weighted by Crippen LogP contribution is 2.47. The van der Waals surface area contributed by atoms with Gasteiger partial charge in [-0.15, -0.1) is 23.1 Å². The van der Waals surface area contributed by atoms with Gasteiger partial charge in [-0.3, -0.25) is 0 Å². The summed E-state index contributed by atoms with van der Waals surface area (Å²) in [4.78, 5) is 2.42. The molecule has 2 heterocycles. The fourth-order valence-electron chi connectivity index (χ4n) is 2.98. The van der Waals surface area contributed by atoms with Crippen molar-refractivity contribution >= 4 is 50.4 Å². The summed E-state index contributed by atoms with van der Waals surface area (Å²) in [6.07, 6.45) is 2.28. The first-order valence-electron chi connectivity index (χ1n) is 8.39. The molecule has 0 amide bonds. The van der Waals surface area contributed by atoms with Crippen molar-refractivity contribution in [3.8, 4) is 11.5 Å². The lowest BCUT2D eigenvalue weighted by Gasteiger charge is -2.15. The van der Waals surface area contributed by atoms with Gasteiger partial charge >= 0.3 is 0 Å². The minimum Gasteiger partial charge on any atom is -0.493 e. The number of benzene rings is 2. The Labute approximate surface area is 175 Å². The third-order valence-corrected chi connectivity index (χ3v) is 6.96. The molecule has 0 fully saturated rings. The molecule has 2 aromatic carbocycles. The van der Waals surface area contributed by atoms with E-state index in [0.29, 0.717) is 0 Å². The summed E-state index contributed by atoms with van der Waals surface area (Å²) < 4.78 is 12.0. The molecule has 0 aliphatic carbocycles. The van der Waals surface area contributed by atoms with Crippen LogP contribution in [-0.4, -0.2) is 14.2 Å². The van der Waals surface area contributed by atoms with Crippen molar-refractivity contribution < 1.29 is 9.47 Å². The Morgan fingerprint density at radius 2 is 1.85 bits per heavy atom. The first kappa shape index (κ1) is 18.5. The zero-order valence-electron chi connectivity index (χ0n) is 14.9. The van der Waals surface area contributed by atoms with Gasteiger partial charge in [-0.1, -0.05) is 28.1 Å². The number of fused-ring (bicyclic) bond motifs is 1. The molecule has 0 spiro atoms. The van der Waals surface area contributed by atoms with E-state index < -0.39 is 0 Å². The van der Waals surface area contributed by atoms with Crippen LogP contribution in [0.1, 0.15) is 15.7 Å². The highest BCUT2D eigenvalue weighted by atomic mass is 79.9. The number of halogens is 1. The number of hydrogen-bond donors (Lipinski definition) is 1. The number of nitrogens with one attached hydrogen (secondary N) is 1. The average molecular weight is 460 g/mol. The van der Waals surface area contributed by atoms with Crippen molar-refractivity contribution in [2.24, 2.45) is 0 Å². The van der Waals surface area contributed by atoms with Crippen molar-refractivity contribution in [1.82, 2.24) is 0 Å². The maximum absolute atomic E-state index is 5.51. The first-order chi connectivity index (χ1) is 13.2. The lowest BCUT2D eigenvalue weighted by molar-refractivity contribution is 0.354. The minimum atomic E-state index is 0.143. The Bertz CT molecular complexity index is 986. The summed E-state index contributed by atoms with van der Waals surface area (Å²) in [5.41, 5.74) is 3.41. The second kappa shape index (κ2) is 8.00. The molecule has 1 aliphatic rings. The SMILES string of the molecule is COc1ccc(C2C=C(c3cccs3)Nc3ccc(Br)cc3S2)cc1OC. The summed E-state index contributed by atoms with van der Waals surface area (Å²) in [7, 11) is 3.33. The summed E-state index contributed by atoms with van der Waals surface area (Å²) in [6.45, 7) is 0. The molecule has 3 nitrogen and oxygen atoms in total. The van der Waals surface area contributed by atoms with Crippen LogP contribution in [0.15, 0.2) is 69.4 Å². The van der Waals surface area contributed by atoms with Crippen LogP contribution in [0.4, 0.5) is 5.69 Å². The third-order valence-electron chi connectivity index (χ3n) is 4.31. The molecule has 1 atom stereocenters. The number of rotatable bonds is 4. The number of thiophene rings is 1. The van der Waals surface area contributed by atoms with E-state index in [1.54, 1.807) is 25.6 Å². The quantitative estimate of drug-likeness (QED) is 0.463. The van der Waals surface area contributed by atoms with E-state index in [1.165, 1.54) is 15.3 Å². The van der Waals surface area contributed by atoms with Crippen molar-refractivity contribution in [3.63, 3.8) is 0 Å². The molecule has 1 N–H and O–H groups in total. The highest BCUT2D eigenvalue weighted by molar-refractivity contribution is 9.10. The molecule has 0 saturated carbocycles. The standard InChI is InChI=1S/C21H18BrNO2S2/c1-24-17-8-5-13(10-18(17)25-2)20-12-16(19-4-3-9-26-19)23-15-7-6-14(22)11-21(15)27-20/h3-12,20,23H,1-2H3. The molecule has 1 aromatic heterocycles. The molecule has 138 valence electrons. The van der Waals surface area contributed by atoms with Gasteiger partial charge in [-0.25, -0.2) is 0 Å². The number of anilines is 1. The van der Waals surface area contributed by atoms with E-state index in [4.69, 9.17) is 9.47 Å². The van der Waals surface area contributed by atoms with Gasteiger partial charge in [-0.2, -0.15) is 0 Å². The Hall–Kier alpha value is -1.89. The Balaban J connectivity index is 1.81. The summed E-state index contributed by atoms with van der Waals surface area (Å²) >= 11 is 7.15. The van der Waals surface area contributed by atoms with Crippen LogP contribution < -0.4 is 14.8 Å². The Morgan fingerprint density at radius 1 is 1.00 bits per heavy atom. The molecule has 1 unspecified atom stereocenters. The van der Waals surface area contributed by atoms with Crippen molar-refractivity contribution in [2.75, 3.05) is 19.5 Å². The summed E-state index contributed by atoms with van der Waals surface area (Å²) in [5, 5.41) is 5.86. The Morgan fingerprint density at radius 3 is 2.59 bits per heavy atom. The van der Waals surface area contributed by atoms with Crippen molar-refractivity contribution in [2.45, 2.75) is 10.1 Å². The monoisotopic (exact) mass is 459 g/mol. The summed E-state index contributed by atoms with van der Waals surface area (Å²) in [5.74, 6) is 1.48. The van der Waals surface area contributed by atoms with E-state index in [9.17, 15) is 0 Å².